The van der Waals surface area contributed by atoms with Crippen molar-refractivity contribution in [1.29, 1.82) is 0 Å². The average molecular weight is 243 g/mol. The van der Waals surface area contributed by atoms with Crippen molar-refractivity contribution in [3.8, 4) is 5.75 Å². The first kappa shape index (κ1) is 12.6. The number of nitrogen functional groups attached to an aromatic ring is 1. The second kappa shape index (κ2) is 6.23. The first-order valence-electron chi connectivity index (χ1n) is 5.08. The van der Waals surface area contributed by atoms with Crippen LogP contribution < -0.4 is 15.8 Å². The first-order chi connectivity index (χ1) is 7.63. The monoisotopic (exact) mass is 242 g/mol. The van der Waals surface area contributed by atoms with Crippen LogP contribution in [0.5, 0.6) is 5.75 Å². The Balaban J connectivity index is 2.42. The molecular weight excluding hydrogens is 228 g/mol. The Morgan fingerprint density at radius 3 is 3.00 bits per heavy atom. The molecule has 1 amide bonds. The smallest absolute Gasteiger partial charge is 0.223 e. The van der Waals surface area contributed by atoms with Gasteiger partial charge in [0.25, 0.3) is 0 Å². The molecule has 0 atom stereocenters. The summed E-state index contributed by atoms with van der Waals surface area (Å²) in [5.41, 5.74) is 6.17. The minimum Gasteiger partial charge on any atom is -0.491 e. The second-order valence-electron chi connectivity index (χ2n) is 3.24. The molecule has 1 aromatic rings. The van der Waals surface area contributed by atoms with Crippen LogP contribution in [0.4, 0.5) is 5.69 Å². The lowest BCUT2D eigenvalue weighted by molar-refractivity contribution is -0.121. The van der Waals surface area contributed by atoms with Crippen LogP contribution in [-0.2, 0) is 4.79 Å². The van der Waals surface area contributed by atoms with Crippen LogP contribution in [0.3, 0.4) is 0 Å². The van der Waals surface area contributed by atoms with Gasteiger partial charge in [0.15, 0.2) is 0 Å². The Morgan fingerprint density at radius 1 is 1.56 bits per heavy atom. The van der Waals surface area contributed by atoms with Crippen LogP contribution in [0.2, 0.25) is 5.02 Å². The molecule has 0 aliphatic heterocycles. The molecule has 0 bridgehead atoms. The first-order valence-corrected chi connectivity index (χ1v) is 5.45. The van der Waals surface area contributed by atoms with Crippen molar-refractivity contribution in [2.75, 3.05) is 18.9 Å². The van der Waals surface area contributed by atoms with Crippen LogP contribution in [0, 0.1) is 0 Å². The molecule has 3 N–H and O–H groups in total. The minimum atomic E-state index is -0.0393. The van der Waals surface area contributed by atoms with Gasteiger partial charge < -0.3 is 15.8 Å². The van der Waals surface area contributed by atoms with Crippen molar-refractivity contribution in [3.63, 3.8) is 0 Å². The SMILES string of the molecule is CCNC(=O)CCOc1cc(N)ccc1Cl. The molecule has 0 unspecified atom stereocenters. The van der Waals surface area contributed by atoms with Gasteiger partial charge in [-0.05, 0) is 19.1 Å². The molecule has 0 spiro atoms. The van der Waals surface area contributed by atoms with Crippen LogP contribution in [0.1, 0.15) is 13.3 Å². The summed E-state index contributed by atoms with van der Waals surface area (Å²) in [4.78, 5) is 11.1. The number of anilines is 1. The van der Waals surface area contributed by atoms with Crippen LogP contribution in [0.25, 0.3) is 0 Å². The van der Waals surface area contributed by atoms with Crippen molar-refractivity contribution in [2.45, 2.75) is 13.3 Å². The average Bonchev–Trinajstić information content (AvgIpc) is 2.23. The lowest BCUT2D eigenvalue weighted by Crippen LogP contribution is -2.24. The number of hydrogen-bond donors (Lipinski definition) is 2. The highest BCUT2D eigenvalue weighted by Crippen LogP contribution is 2.26. The third-order valence-electron chi connectivity index (χ3n) is 1.92. The Morgan fingerprint density at radius 2 is 2.31 bits per heavy atom. The molecule has 0 radical (unpaired) electrons. The predicted octanol–water partition coefficient (Wildman–Crippen LogP) is 1.83. The van der Waals surface area contributed by atoms with E-state index < -0.39 is 0 Å². The zero-order valence-electron chi connectivity index (χ0n) is 9.13. The van der Waals surface area contributed by atoms with Gasteiger partial charge in [-0.2, -0.15) is 0 Å². The quantitative estimate of drug-likeness (QED) is 0.775. The van der Waals surface area contributed by atoms with Gasteiger partial charge in [-0.15, -0.1) is 0 Å². The largest absolute Gasteiger partial charge is 0.491 e. The second-order valence-corrected chi connectivity index (χ2v) is 3.65. The number of nitrogens with one attached hydrogen (secondary N) is 1. The number of carbonyl (C=O) groups is 1. The Hall–Kier alpha value is -1.42. The highest BCUT2D eigenvalue weighted by atomic mass is 35.5. The molecule has 0 aromatic heterocycles. The molecule has 88 valence electrons. The van der Waals surface area contributed by atoms with Crippen LogP contribution >= 0.6 is 11.6 Å². The van der Waals surface area contributed by atoms with E-state index >= 15 is 0 Å². The van der Waals surface area contributed by atoms with E-state index in [9.17, 15) is 4.79 Å². The maximum Gasteiger partial charge on any atom is 0.223 e. The fourth-order valence-electron chi connectivity index (χ4n) is 1.17. The van der Waals surface area contributed by atoms with Crippen molar-refractivity contribution in [3.05, 3.63) is 23.2 Å². The number of rotatable bonds is 5. The number of halogens is 1. The molecule has 0 aliphatic rings. The number of nitrogens with two attached hydrogens (primary N) is 1. The molecule has 1 rings (SSSR count). The summed E-state index contributed by atoms with van der Waals surface area (Å²) in [7, 11) is 0. The molecule has 5 heteroatoms. The summed E-state index contributed by atoms with van der Waals surface area (Å²) in [5, 5.41) is 3.17. The van der Waals surface area contributed by atoms with Gasteiger partial charge in [-0.25, -0.2) is 0 Å². The summed E-state index contributed by atoms with van der Waals surface area (Å²) < 4.78 is 5.36. The van der Waals surface area contributed by atoms with Gasteiger partial charge in [0.2, 0.25) is 5.91 Å². The van der Waals surface area contributed by atoms with E-state index in [4.69, 9.17) is 22.1 Å². The number of hydrogen-bond acceptors (Lipinski definition) is 3. The fraction of sp³-hybridized carbons (Fsp3) is 0.364. The summed E-state index contributed by atoms with van der Waals surface area (Å²) in [6.07, 6.45) is 0.305. The van der Waals surface area contributed by atoms with Gasteiger partial charge in [-0.3, -0.25) is 4.79 Å². The van der Waals surface area contributed by atoms with Crippen molar-refractivity contribution >= 4 is 23.2 Å². The number of benzene rings is 1. The molecule has 4 nitrogen and oxygen atoms in total. The van der Waals surface area contributed by atoms with E-state index in [0.717, 1.165) is 0 Å². The van der Waals surface area contributed by atoms with E-state index in [-0.39, 0.29) is 12.5 Å². The van der Waals surface area contributed by atoms with Gasteiger partial charge in [0.1, 0.15) is 5.75 Å². The summed E-state index contributed by atoms with van der Waals surface area (Å²) in [6, 6.07) is 5.00. The lowest BCUT2D eigenvalue weighted by atomic mass is 10.3. The third kappa shape index (κ3) is 3.98. The summed E-state index contributed by atoms with van der Waals surface area (Å²) >= 11 is 5.89. The Bertz CT molecular complexity index is 369. The topological polar surface area (TPSA) is 64.3 Å². The molecular formula is C11H15ClN2O2. The molecule has 0 heterocycles. The molecule has 16 heavy (non-hydrogen) atoms. The van der Waals surface area contributed by atoms with Crippen molar-refractivity contribution in [1.82, 2.24) is 5.32 Å². The van der Waals surface area contributed by atoms with E-state index in [1.807, 2.05) is 6.92 Å². The standard InChI is InChI=1S/C11H15ClN2O2/c1-2-14-11(15)5-6-16-10-7-8(13)3-4-9(10)12/h3-4,7H,2,5-6,13H2,1H3,(H,14,15). The zero-order chi connectivity index (χ0) is 12.0. The minimum absolute atomic E-state index is 0.0393. The van der Waals surface area contributed by atoms with Crippen LogP contribution in [0.15, 0.2) is 18.2 Å². The molecule has 0 saturated carbocycles. The number of amides is 1. The fourth-order valence-corrected chi connectivity index (χ4v) is 1.34. The Labute approximate surface area is 99.7 Å². The lowest BCUT2D eigenvalue weighted by Gasteiger charge is -2.08. The number of carbonyl (C=O) groups excluding carboxylic acids is 1. The van der Waals surface area contributed by atoms with Gasteiger partial charge in [0.05, 0.1) is 18.1 Å². The van der Waals surface area contributed by atoms with E-state index in [0.29, 0.717) is 29.4 Å². The van der Waals surface area contributed by atoms with Crippen molar-refractivity contribution < 1.29 is 9.53 Å². The highest BCUT2D eigenvalue weighted by Gasteiger charge is 2.04. The highest BCUT2D eigenvalue weighted by molar-refractivity contribution is 6.32. The van der Waals surface area contributed by atoms with Gasteiger partial charge in [-0.1, -0.05) is 11.6 Å². The van der Waals surface area contributed by atoms with Crippen molar-refractivity contribution in [2.24, 2.45) is 0 Å². The maximum absolute atomic E-state index is 11.1. The van der Waals surface area contributed by atoms with E-state index in [1.54, 1.807) is 18.2 Å². The number of ether oxygens (including phenoxy) is 1. The van der Waals surface area contributed by atoms with Crippen LogP contribution in [-0.4, -0.2) is 19.1 Å². The molecule has 1 aromatic carbocycles. The van der Waals surface area contributed by atoms with Gasteiger partial charge >= 0.3 is 0 Å². The predicted molar refractivity (Wildman–Crippen MR) is 64.7 cm³/mol. The molecule has 0 saturated heterocycles. The van der Waals surface area contributed by atoms with Gasteiger partial charge in [0, 0.05) is 18.3 Å². The normalized spacial score (nSPS) is 9.88. The zero-order valence-corrected chi connectivity index (χ0v) is 9.88. The summed E-state index contributed by atoms with van der Waals surface area (Å²) in [6.45, 7) is 2.78. The van der Waals surface area contributed by atoms with E-state index in [1.165, 1.54) is 0 Å². The summed E-state index contributed by atoms with van der Waals surface area (Å²) in [5.74, 6) is 0.466. The molecule has 0 aliphatic carbocycles. The maximum atomic E-state index is 11.1. The Kier molecular flexibility index (Phi) is 4.92. The molecule has 0 fully saturated rings. The third-order valence-corrected chi connectivity index (χ3v) is 2.23. The van der Waals surface area contributed by atoms with E-state index in [2.05, 4.69) is 5.32 Å².